The summed E-state index contributed by atoms with van der Waals surface area (Å²) < 4.78 is 17.5. The van der Waals surface area contributed by atoms with Crippen LogP contribution in [0.15, 0.2) is 36.5 Å². The third-order valence-electron chi connectivity index (χ3n) is 4.28. The molecule has 7 heteroatoms. The summed E-state index contributed by atoms with van der Waals surface area (Å²) in [4.78, 5) is 24.8. The number of rotatable bonds is 5. The van der Waals surface area contributed by atoms with E-state index in [9.17, 15) is 9.59 Å². The first kappa shape index (κ1) is 18.3. The van der Waals surface area contributed by atoms with Gasteiger partial charge in [0.05, 0.1) is 31.6 Å². The summed E-state index contributed by atoms with van der Waals surface area (Å²) in [7, 11) is 3.03. The Hall–Kier alpha value is -3.48. The van der Waals surface area contributed by atoms with Crippen molar-refractivity contribution < 1.29 is 23.8 Å². The molecule has 3 aromatic rings. The maximum absolute atomic E-state index is 13.3. The number of ether oxygens (including phenoxy) is 3. The number of nitrogens with zero attached hydrogens (tertiary/aromatic N) is 1. The molecule has 0 atom stereocenters. The highest BCUT2D eigenvalue weighted by Gasteiger charge is 2.24. The fourth-order valence-corrected chi connectivity index (χ4v) is 2.99. The van der Waals surface area contributed by atoms with Crippen LogP contribution in [0.3, 0.4) is 0 Å². The van der Waals surface area contributed by atoms with Crippen LogP contribution < -0.4 is 19.9 Å². The van der Waals surface area contributed by atoms with E-state index in [1.807, 2.05) is 0 Å². The number of fused-ring (bicyclic) bond motifs is 1. The summed E-state index contributed by atoms with van der Waals surface area (Å²) in [6, 6.07) is 8.31. The quantitative estimate of drug-likeness (QED) is 0.423. The molecule has 0 unspecified atom stereocenters. The molecule has 0 radical (unpaired) electrons. The van der Waals surface area contributed by atoms with E-state index >= 15 is 0 Å². The van der Waals surface area contributed by atoms with Crippen molar-refractivity contribution in [3.63, 3.8) is 0 Å². The van der Waals surface area contributed by atoms with Crippen LogP contribution in [0.2, 0.25) is 0 Å². The Bertz CT molecular complexity index is 1050. The van der Waals surface area contributed by atoms with Crippen LogP contribution in [-0.2, 0) is 4.79 Å². The molecule has 2 N–H and O–H groups in total. The molecule has 27 heavy (non-hydrogen) atoms. The number of pyridine rings is 1. The highest BCUT2D eigenvalue weighted by molar-refractivity contribution is 6.11. The van der Waals surface area contributed by atoms with Crippen molar-refractivity contribution in [3.8, 4) is 17.2 Å². The number of nitrogens with two attached hydrogens (primary N) is 1. The minimum Gasteiger partial charge on any atom is -0.495 e. The zero-order chi connectivity index (χ0) is 19.7. The molecule has 0 saturated heterocycles. The largest absolute Gasteiger partial charge is 0.495 e. The smallest absolute Gasteiger partial charge is 0.308 e. The van der Waals surface area contributed by atoms with Gasteiger partial charge in [-0.05, 0) is 37.3 Å². The van der Waals surface area contributed by atoms with Gasteiger partial charge >= 0.3 is 5.97 Å². The van der Waals surface area contributed by atoms with Gasteiger partial charge in [-0.1, -0.05) is 0 Å². The highest BCUT2D eigenvalue weighted by Crippen LogP contribution is 2.34. The number of carbonyl (C=O) groups is 2. The molecular weight excluding hydrogens is 348 g/mol. The molecule has 2 heterocycles. The van der Waals surface area contributed by atoms with Crippen LogP contribution in [0.5, 0.6) is 17.2 Å². The SMILES string of the molecule is COc1ccc2c(OC(C)=O)c(C)c(C(=O)c3ccc(N)c(OC)c3)n2c1. The number of methoxy groups -OCH3 is 2. The van der Waals surface area contributed by atoms with Crippen molar-refractivity contribution in [1.82, 2.24) is 4.40 Å². The monoisotopic (exact) mass is 368 g/mol. The van der Waals surface area contributed by atoms with E-state index in [1.165, 1.54) is 21.1 Å². The topological polar surface area (TPSA) is 92.3 Å². The molecule has 0 spiro atoms. The van der Waals surface area contributed by atoms with Gasteiger partial charge < -0.3 is 24.3 Å². The van der Waals surface area contributed by atoms with Gasteiger partial charge in [0.25, 0.3) is 0 Å². The lowest BCUT2D eigenvalue weighted by atomic mass is 10.0. The third kappa shape index (κ3) is 3.19. The Morgan fingerprint density at radius 1 is 1.07 bits per heavy atom. The Morgan fingerprint density at radius 2 is 1.81 bits per heavy atom. The van der Waals surface area contributed by atoms with Gasteiger partial charge in [-0.3, -0.25) is 9.59 Å². The van der Waals surface area contributed by atoms with Gasteiger partial charge in [-0.25, -0.2) is 0 Å². The van der Waals surface area contributed by atoms with Crippen LogP contribution in [0.25, 0.3) is 5.52 Å². The average Bonchev–Trinajstić information content (AvgIpc) is 2.92. The molecule has 2 aromatic heterocycles. The second-order valence-corrected chi connectivity index (χ2v) is 6.01. The first-order valence-corrected chi connectivity index (χ1v) is 8.22. The van der Waals surface area contributed by atoms with E-state index < -0.39 is 5.97 Å². The fourth-order valence-electron chi connectivity index (χ4n) is 2.99. The lowest BCUT2D eigenvalue weighted by molar-refractivity contribution is -0.131. The summed E-state index contributed by atoms with van der Waals surface area (Å²) >= 11 is 0. The van der Waals surface area contributed by atoms with Crippen LogP contribution >= 0.6 is 0 Å². The molecule has 7 nitrogen and oxygen atoms in total. The molecule has 0 bridgehead atoms. The van der Waals surface area contributed by atoms with Crippen molar-refractivity contribution in [3.05, 3.63) is 53.3 Å². The van der Waals surface area contributed by atoms with Crippen LogP contribution in [-0.4, -0.2) is 30.4 Å². The Balaban J connectivity index is 2.24. The number of anilines is 1. The van der Waals surface area contributed by atoms with E-state index in [2.05, 4.69) is 0 Å². The molecule has 0 aliphatic heterocycles. The average molecular weight is 368 g/mol. The molecule has 140 valence electrons. The molecule has 3 rings (SSSR count). The summed E-state index contributed by atoms with van der Waals surface area (Å²) in [5, 5.41) is 0. The molecule has 0 fully saturated rings. The van der Waals surface area contributed by atoms with Crippen molar-refractivity contribution in [2.75, 3.05) is 20.0 Å². The maximum Gasteiger partial charge on any atom is 0.308 e. The number of ketones is 1. The van der Waals surface area contributed by atoms with Crippen LogP contribution in [0, 0.1) is 6.92 Å². The first-order valence-electron chi connectivity index (χ1n) is 8.22. The van der Waals surface area contributed by atoms with Gasteiger partial charge in [-0.15, -0.1) is 0 Å². The van der Waals surface area contributed by atoms with Crippen LogP contribution in [0.1, 0.15) is 28.5 Å². The fraction of sp³-hybridized carbons (Fsp3) is 0.200. The normalized spacial score (nSPS) is 10.7. The summed E-state index contributed by atoms with van der Waals surface area (Å²) in [5.41, 5.74) is 8.20. The molecular formula is C20H20N2O5. The zero-order valence-corrected chi connectivity index (χ0v) is 15.5. The number of hydrogen-bond donors (Lipinski definition) is 1. The number of benzene rings is 1. The van der Waals surface area contributed by atoms with Crippen molar-refractivity contribution in [2.45, 2.75) is 13.8 Å². The van der Waals surface area contributed by atoms with Crippen LogP contribution in [0.4, 0.5) is 5.69 Å². The predicted octanol–water partition coefficient (Wildman–Crippen LogP) is 3.00. The second-order valence-electron chi connectivity index (χ2n) is 6.01. The Morgan fingerprint density at radius 3 is 2.44 bits per heavy atom. The summed E-state index contributed by atoms with van der Waals surface area (Å²) in [6.45, 7) is 3.05. The van der Waals surface area contributed by atoms with Gasteiger partial charge in [-0.2, -0.15) is 0 Å². The molecule has 1 aromatic carbocycles. The lowest BCUT2D eigenvalue weighted by Gasteiger charge is -2.08. The second kappa shape index (κ2) is 7.03. The number of hydrogen-bond acceptors (Lipinski definition) is 6. The van der Waals surface area contributed by atoms with Gasteiger partial charge in [0.2, 0.25) is 5.78 Å². The predicted molar refractivity (Wildman–Crippen MR) is 101 cm³/mol. The molecule has 0 saturated carbocycles. The van der Waals surface area contributed by atoms with E-state index in [0.717, 1.165) is 0 Å². The van der Waals surface area contributed by atoms with Gasteiger partial charge in [0, 0.05) is 18.1 Å². The molecule has 0 amide bonds. The van der Waals surface area contributed by atoms with Crippen molar-refractivity contribution in [1.29, 1.82) is 0 Å². The Labute approximate surface area is 156 Å². The van der Waals surface area contributed by atoms with Crippen molar-refractivity contribution >= 4 is 23.0 Å². The number of carbonyl (C=O) groups excluding carboxylic acids is 2. The lowest BCUT2D eigenvalue weighted by Crippen LogP contribution is -2.08. The Kier molecular flexibility index (Phi) is 4.77. The molecule has 0 aliphatic carbocycles. The standard InChI is InChI=1S/C20H20N2O5/c1-11-18(19(24)13-5-7-15(21)17(9-13)26-4)22-10-14(25-3)6-8-16(22)20(11)27-12(2)23/h5-10H,21H2,1-4H3. The van der Waals surface area contributed by atoms with Crippen molar-refractivity contribution in [2.24, 2.45) is 0 Å². The first-order chi connectivity index (χ1) is 12.9. The van der Waals surface area contributed by atoms with Gasteiger partial charge in [0.1, 0.15) is 17.2 Å². The highest BCUT2D eigenvalue weighted by atomic mass is 16.5. The molecule has 0 aliphatic rings. The number of esters is 1. The third-order valence-corrected chi connectivity index (χ3v) is 4.28. The minimum atomic E-state index is -0.463. The number of aromatic nitrogens is 1. The summed E-state index contributed by atoms with van der Waals surface area (Å²) in [6.07, 6.45) is 1.68. The summed E-state index contributed by atoms with van der Waals surface area (Å²) in [5.74, 6) is 0.603. The zero-order valence-electron chi connectivity index (χ0n) is 15.5. The van der Waals surface area contributed by atoms with E-state index in [1.54, 1.807) is 47.9 Å². The van der Waals surface area contributed by atoms with Gasteiger partial charge in [0.15, 0.2) is 5.75 Å². The maximum atomic E-state index is 13.3. The van der Waals surface area contributed by atoms with E-state index in [0.29, 0.717) is 45.3 Å². The van der Waals surface area contributed by atoms with E-state index in [-0.39, 0.29) is 5.78 Å². The number of nitrogen functional groups attached to an aromatic ring is 1. The minimum absolute atomic E-state index is 0.257. The van der Waals surface area contributed by atoms with E-state index in [4.69, 9.17) is 19.9 Å².